The number of pyridine rings is 1. The maximum atomic E-state index is 11.7. The molecule has 0 N–H and O–H groups in total. The van der Waals surface area contributed by atoms with Crippen molar-refractivity contribution in [1.82, 2.24) is 14.6 Å². The number of carbonyl (C=O) groups excluding carboxylic acids is 1. The van der Waals surface area contributed by atoms with Crippen molar-refractivity contribution in [3.63, 3.8) is 0 Å². The van der Waals surface area contributed by atoms with E-state index in [1.54, 1.807) is 36.5 Å². The topological polar surface area (TPSA) is 56.5 Å². The predicted octanol–water partition coefficient (Wildman–Crippen LogP) is 3.49. The summed E-state index contributed by atoms with van der Waals surface area (Å²) in [6, 6.07) is 8.35. The third-order valence-corrected chi connectivity index (χ3v) is 3.50. The van der Waals surface area contributed by atoms with E-state index in [2.05, 4.69) is 10.1 Å². The van der Waals surface area contributed by atoms with E-state index in [0.717, 1.165) is 0 Å². The van der Waals surface area contributed by atoms with E-state index in [-0.39, 0.29) is 0 Å². The third-order valence-electron chi connectivity index (χ3n) is 2.94. The SMILES string of the molecule is COC(=O)c1cccn2nc(-c3cc(Cl)ccc3Cl)nc12. The Labute approximate surface area is 130 Å². The Kier molecular flexibility index (Phi) is 3.53. The molecule has 0 aliphatic heterocycles. The second-order valence-electron chi connectivity index (χ2n) is 4.24. The highest BCUT2D eigenvalue weighted by atomic mass is 35.5. The molecule has 0 spiro atoms. The number of rotatable bonds is 2. The van der Waals surface area contributed by atoms with E-state index in [4.69, 9.17) is 27.9 Å². The Morgan fingerprint density at radius 1 is 1.29 bits per heavy atom. The molecule has 3 rings (SSSR count). The zero-order valence-electron chi connectivity index (χ0n) is 10.9. The van der Waals surface area contributed by atoms with Gasteiger partial charge in [0, 0.05) is 16.8 Å². The van der Waals surface area contributed by atoms with Gasteiger partial charge in [0.05, 0.1) is 12.1 Å². The van der Waals surface area contributed by atoms with Crippen molar-refractivity contribution in [3.05, 3.63) is 52.1 Å². The van der Waals surface area contributed by atoms with Gasteiger partial charge in [-0.2, -0.15) is 0 Å². The average molecular weight is 322 g/mol. The van der Waals surface area contributed by atoms with E-state index in [1.807, 2.05) is 0 Å². The van der Waals surface area contributed by atoms with Crippen molar-refractivity contribution in [1.29, 1.82) is 0 Å². The molecule has 0 amide bonds. The number of esters is 1. The molecular weight excluding hydrogens is 313 g/mol. The number of hydrogen-bond acceptors (Lipinski definition) is 4. The first kappa shape index (κ1) is 13.9. The summed E-state index contributed by atoms with van der Waals surface area (Å²) in [6.07, 6.45) is 1.69. The van der Waals surface area contributed by atoms with Gasteiger partial charge in [-0.05, 0) is 30.3 Å². The van der Waals surface area contributed by atoms with Crippen LogP contribution >= 0.6 is 23.2 Å². The zero-order chi connectivity index (χ0) is 15.0. The van der Waals surface area contributed by atoms with Crippen LogP contribution in [0.25, 0.3) is 17.0 Å². The quantitative estimate of drug-likeness (QED) is 0.678. The van der Waals surface area contributed by atoms with Crippen molar-refractivity contribution < 1.29 is 9.53 Å². The molecule has 0 radical (unpaired) electrons. The summed E-state index contributed by atoms with van der Waals surface area (Å²) in [7, 11) is 1.32. The van der Waals surface area contributed by atoms with Crippen molar-refractivity contribution in [2.75, 3.05) is 7.11 Å². The highest BCUT2D eigenvalue weighted by molar-refractivity contribution is 6.35. The van der Waals surface area contributed by atoms with Gasteiger partial charge in [-0.15, -0.1) is 5.10 Å². The Morgan fingerprint density at radius 3 is 2.86 bits per heavy atom. The van der Waals surface area contributed by atoms with Crippen LogP contribution in [0.2, 0.25) is 10.0 Å². The Hall–Kier alpha value is -2.11. The lowest BCUT2D eigenvalue weighted by Crippen LogP contribution is -2.04. The summed E-state index contributed by atoms with van der Waals surface area (Å²) in [5.74, 6) is -0.0874. The maximum Gasteiger partial charge on any atom is 0.341 e. The highest BCUT2D eigenvalue weighted by Crippen LogP contribution is 2.29. The summed E-state index contributed by atoms with van der Waals surface area (Å²) < 4.78 is 6.23. The fourth-order valence-corrected chi connectivity index (χ4v) is 2.33. The highest BCUT2D eigenvalue weighted by Gasteiger charge is 2.16. The molecule has 0 bridgehead atoms. The number of fused-ring (bicyclic) bond motifs is 1. The molecule has 21 heavy (non-hydrogen) atoms. The molecule has 7 heteroatoms. The molecular formula is C14H9Cl2N3O2. The molecule has 2 aromatic heterocycles. The van der Waals surface area contributed by atoms with E-state index in [9.17, 15) is 4.79 Å². The van der Waals surface area contributed by atoms with Gasteiger partial charge in [0.25, 0.3) is 0 Å². The van der Waals surface area contributed by atoms with Crippen molar-refractivity contribution >= 4 is 34.8 Å². The van der Waals surface area contributed by atoms with Crippen molar-refractivity contribution in [3.8, 4) is 11.4 Å². The van der Waals surface area contributed by atoms with Crippen LogP contribution in [0.4, 0.5) is 0 Å². The number of carbonyl (C=O) groups is 1. The van der Waals surface area contributed by atoms with E-state index in [0.29, 0.717) is 32.6 Å². The van der Waals surface area contributed by atoms with Gasteiger partial charge in [0.2, 0.25) is 0 Å². The summed E-state index contributed by atoms with van der Waals surface area (Å²) in [6.45, 7) is 0. The van der Waals surface area contributed by atoms with Crippen LogP contribution in [-0.4, -0.2) is 27.7 Å². The van der Waals surface area contributed by atoms with Crippen LogP contribution in [0.1, 0.15) is 10.4 Å². The van der Waals surface area contributed by atoms with Crippen LogP contribution in [0.5, 0.6) is 0 Å². The fraction of sp³-hybridized carbons (Fsp3) is 0.0714. The lowest BCUT2D eigenvalue weighted by atomic mass is 10.2. The first-order valence-corrected chi connectivity index (χ1v) is 6.75. The van der Waals surface area contributed by atoms with Gasteiger partial charge in [-0.25, -0.2) is 14.3 Å². The first-order valence-electron chi connectivity index (χ1n) is 5.99. The minimum atomic E-state index is -0.475. The number of halogens is 2. The molecule has 0 fully saturated rings. The minimum absolute atomic E-state index is 0.330. The number of benzene rings is 1. The Bertz CT molecular complexity index is 845. The van der Waals surface area contributed by atoms with Crippen molar-refractivity contribution in [2.45, 2.75) is 0 Å². The van der Waals surface area contributed by atoms with Gasteiger partial charge in [0.15, 0.2) is 11.5 Å². The zero-order valence-corrected chi connectivity index (χ0v) is 12.4. The predicted molar refractivity (Wildman–Crippen MR) is 79.8 cm³/mol. The van der Waals surface area contributed by atoms with Gasteiger partial charge in [-0.1, -0.05) is 23.2 Å². The normalized spacial score (nSPS) is 10.8. The van der Waals surface area contributed by atoms with Gasteiger partial charge in [-0.3, -0.25) is 0 Å². The van der Waals surface area contributed by atoms with Crippen LogP contribution in [0, 0.1) is 0 Å². The number of nitrogens with zero attached hydrogens (tertiary/aromatic N) is 3. The third kappa shape index (κ3) is 2.46. The molecule has 0 atom stereocenters. The molecule has 5 nitrogen and oxygen atoms in total. The number of hydrogen-bond donors (Lipinski definition) is 0. The maximum absolute atomic E-state index is 11.7. The number of methoxy groups -OCH3 is 1. The molecule has 0 saturated carbocycles. The standard InChI is InChI=1S/C14H9Cl2N3O2/c1-21-14(20)9-3-2-6-19-13(9)17-12(18-19)10-7-8(15)4-5-11(10)16/h2-7H,1H3. The lowest BCUT2D eigenvalue weighted by Gasteiger charge is -1.99. The van der Waals surface area contributed by atoms with E-state index in [1.165, 1.54) is 11.6 Å². The lowest BCUT2D eigenvalue weighted by molar-refractivity contribution is 0.0602. The Balaban J connectivity index is 2.22. The van der Waals surface area contributed by atoms with E-state index < -0.39 is 5.97 Å². The van der Waals surface area contributed by atoms with Crippen LogP contribution in [0.15, 0.2) is 36.5 Å². The van der Waals surface area contributed by atoms with Gasteiger partial charge < -0.3 is 4.74 Å². The molecule has 0 unspecified atom stereocenters. The van der Waals surface area contributed by atoms with Crippen molar-refractivity contribution in [2.24, 2.45) is 0 Å². The summed E-state index contributed by atoms with van der Waals surface area (Å²) >= 11 is 12.1. The summed E-state index contributed by atoms with van der Waals surface area (Å²) in [5.41, 5.74) is 1.33. The average Bonchev–Trinajstić information content (AvgIpc) is 2.92. The van der Waals surface area contributed by atoms with E-state index >= 15 is 0 Å². The molecule has 1 aromatic carbocycles. The second-order valence-corrected chi connectivity index (χ2v) is 5.08. The Morgan fingerprint density at radius 2 is 2.10 bits per heavy atom. The molecule has 106 valence electrons. The second kappa shape index (κ2) is 5.35. The van der Waals surface area contributed by atoms with Crippen LogP contribution < -0.4 is 0 Å². The molecule has 2 heterocycles. The molecule has 0 aliphatic rings. The molecule has 0 aliphatic carbocycles. The largest absolute Gasteiger partial charge is 0.465 e. The minimum Gasteiger partial charge on any atom is -0.465 e. The van der Waals surface area contributed by atoms with Crippen LogP contribution in [0.3, 0.4) is 0 Å². The first-order chi connectivity index (χ1) is 10.1. The summed E-state index contributed by atoms with van der Waals surface area (Å²) in [5, 5.41) is 5.33. The van der Waals surface area contributed by atoms with Gasteiger partial charge in [0.1, 0.15) is 5.56 Å². The number of ether oxygens (including phenoxy) is 1. The molecule has 3 aromatic rings. The van der Waals surface area contributed by atoms with Gasteiger partial charge >= 0.3 is 5.97 Å². The smallest absolute Gasteiger partial charge is 0.341 e. The monoisotopic (exact) mass is 321 g/mol. The summed E-state index contributed by atoms with van der Waals surface area (Å²) in [4.78, 5) is 16.1. The molecule has 0 saturated heterocycles. The number of aromatic nitrogens is 3. The van der Waals surface area contributed by atoms with Crippen LogP contribution in [-0.2, 0) is 4.74 Å². The fourth-order valence-electron chi connectivity index (χ4n) is 1.96.